The third-order valence-corrected chi connectivity index (χ3v) is 6.02. The van der Waals surface area contributed by atoms with E-state index in [0.717, 1.165) is 10.2 Å². The van der Waals surface area contributed by atoms with E-state index in [1.54, 1.807) is 18.2 Å². The molecule has 1 fully saturated rings. The molecule has 1 aromatic carbocycles. The molecule has 2 aromatic rings. The van der Waals surface area contributed by atoms with Gasteiger partial charge in [0.05, 0.1) is 4.47 Å². The number of aromatic nitrogens is 2. The zero-order valence-corrected chi connectivity index (χ0v) is 17.8. The normalized spacial score (nSPS) is 15.9. The Morgan fingerprint density at radius 2 is 1.75 bits per heavy atom. The molecule has 5 nitrogen and oxygen atoms in total. The summed E-state index contributed by atoms with van der Waals surface area (Å²) in [6.45, 7) is 2.39. The zero-order valence-electron chi connectivity index (χ0n) is 14.7. The van der Waals surface area contributed by atoms with Gasteiger partial charge in [0.2, 0.25) is 0 Å². The highest BCUT2D eigenvalue weighted by Gasteiger charge is 2.40. The molecule has 11 heteroatoms. The summed E-state index contributed by atoms with van der Waals surface area (Å²) in [5, 5.41) is 4.59. The second kappa shape index (κ2) is 8.22. The van der Waals surface area contributed by atoms with E-state index in [1.807, 2.05) is 0 Å². The molecule has 0 atom stereocenters. The van der Waals surface area contributed by atoms with E-state index in [0.29, 0.717) is 42.8 Å². The summed E-state index contributed by atoms with van der Waals surface area (Å²) in [5.41, 5.74) is -0.407. The van der Waals surface area contributed by atoms with Gasteiger partial charge in [0.25, 0.3) is 5.91 Å². The Balaban J connectivity index is 1.69. The van der Waals surface area contributed by atoms with Crippen molar-refractivity contribution in [2.24, 2.45) is 7.05 Å². The molecular formula is C17H16BrCl2F3N4O. The molecule has 1 amide bonds. The maximum Gasteiger partial charge on any atom is 0.436 e. The molecular weight excluding hydrogens is 484 g/mol. The summed E-state index contributed by atoms with van der Waals surface area (Å²) in [7, 11) is 1.32. The number of piperazine rings is 1. The van der Waals surface area contributed by atoms with Crippen molar-refractivity contribution in [1.29, 1.82) is 0 Å². The summed E-state index contributed by atoms with van der Waals surface area (Å²) in [4.78, 5) is 16.4. The van der Waals surface area contributed by atoms with Crippen molar-refractivity contribution in [3.05, 3.63) is 49.7 Å². The SMILES string of the molecule is Cn1nc(C(F)(F)F)c(Br)c1C(=O)N1CCN(Cc2c(Cl)cccc2Cl)CC1. The van der Waals surface area contributed by atoms with Crippen LogP contribution in [0.4, 0.5) is 13.2 Å². The van der Waals surface area contributed by atoms with Crippen LogP contribution < -0.4 is 0 Å². The minimum atomic E-state index is -4.64. The molecule has 0 N–H and O–H groups in total. The van der Waals surface area contributed by atoms with E-state index in [-0.39, 0.29) is 10.2 Å². The van der Waals surface area contributed by atoms with E-state index in [9.17, 15) is 18.0 Å². The third kappa shape index (κ3) is 4.32. The van der Waals surface area contributed by atoms with Crippen molar-refractivity contribution >= 4 is 45.0 Å². The first-order chi connectivity index (χ1) is 13.1. The molecule has 0 unspecified atom stereocenters. The number of rotatable bonds is 3. The second-order valence-electron chi connectivity index (χ2n) is 6.40. The van der Waals surface area contributed by atoms with Gasteiger partial charge in [-0.25, -0.2) is 0 Å². The first kappa shape index (κ1) is 21.4. The van der Waals surface area contributed by atoms with Crippen LogP contribution in [0.25, 0.3) is 0 Å². The Bertz CT molecular complexity index is 875. The highest BCUT2D eigenvalue weighted by Crippen LogP contribution is 2.36. The molecule has 152 valence electrons. The topological polar surface area (TPSA) is 41.4 Å². The van der Waals surface area contributed by atoms with Crippen LogP contribution in [0.15, 0.2) is 22.7 Å². The smallest absolute Gasteiger partial charge is 0.335 e. The summed E-state index contributed by atoms with van der Waals surface area (Å²) >= 11 is 15.3. The molecule has 2 heterocycles. The number of nitrogens with zero attached hydrogens (tertiary/aromatic N) is 4. The molecule has 3 rings (SSSR count). The maximum absolute atomic E-state index is 13.0. The van der Waals surface area contributed by atoms with Crippen molar-refractivity contribution in [2.75, 3.05) is 26.2 Å². The molecule has 0 saturated carbocycles. The third-order valence-electron chi connectivity index (χ3n) is 4.56. The van der Waals surface area contributed by atoms with Crippen LogP contribution in [-0.2, 0) is 19.8 Å². The highest BCUT2D eigenvalue weighted by atomic mass is 79.9. The van der Waals surface area contributed by atoms with E-state index in [1.165, 1.54) is 11.9 Å². The predicted octanol–water partition coefficient (Wildman–Crippen LogP) is 4.47. The second-order valence-corrected chi connectivity index (χ2v) is 8.01. The molecule has 1 aliphatic rings. The van der Waals surface area contributed by atoms with Gasteiger partial charge in [-0.3, -0.25) is 14.4 Å². The van der Waals surface area contributed by atoms with Gasteiger partial charge in [-0.2, -0.15) is 18.3 Å². The number of carbonyl (C=O) groups excluding carboxylic acids is 1. The summed E-state index contributed by atoms with van der Waals surface area (Å²) in [5.74, 6) is -0.493. The number of hydrogen-bond acceptors (Lipinski definition) is 3. The van der Waals surface area contributed by atoms with Crippen molar-refractivity contribution in [3.8, 4) is 0 Å². The van der Waals surface area contributed by atoms with Crippen molar-refractivity contribution in [2.45, 2.75) is 12.7 Å². The zero-order chi connectivity index (χ0) is 20.6. The molecule has 1 aromatic heterocycles. The number of amides is 1. The fourth-order valence-corrected chi connectivity index (χ4v) is 4.32. The van der Waals surface area contributed by atoms with Crippen LogP contribution in [0.1, 0.15) is 21.7 Å². The molecule has 28 heavy (non-hydrogen) atoms. The predicted molar refractivity (Wildman–Crippen MR) is 104 cm³/mol. The quantitative estimate of drug-likeness (QED) is 0.625. The van der Waals surface area contributed by atoms with E-state index in [4.69, 9.17) is 23.2 Å². The fraction of sp³-hybridized carbons (Fsp3) is 0.412. The maximum atomic E-state index is 13.0. The minimum Gasteiger partial charge on any atom is -0.335 e. The Kier molecular flexibility index (Phi) is 6.29. The van der Waals surface area contributed by atoms with Crippen LogP contribution in [-0.4, -0.2) is 51.7 Å². The lowest BCUT2D eigenvalue weighted by molar-refractivity contribution is -0.142. The lowest BCUT2D eigenvalue weighted by Crippen LogP contribution is -2.48. The minimum absolute atomic E-state index is 0.116. The largest absolute Gasteiger partial charge is 0.436 e. The van der Waals surface area contributed by atoms with Crippen LogP contribution >= 0.6 is 39.1 Å². The number of alkyl halides is 3. The van der Waals surface area contributed by atoms with Crippen LogP contribution in [0.2, 0.25) is 10.0 Å². The highest BCUT2D eigenvalue weighted by molar-refractivity contribution is 9.10. The molecule has 0 radical (unpaired) electrons. The molecule has 1 saturated heterocycles. The lowest BCUT2D eigenvalue weighted by atomic mass is 10.2. The Morgan fingerprint density at radius 3 is 2.25 bits per heavy atom. The van der Waals surface area contributed by atoms with Gasteiger partial charge in [0.15, 0.2) is 5.69 Å². The van der Waals surface area contributed by atoms with Gasteiger partial charge in [-0.1, -0.05) is 29.3 Å². The van der Waals surface area contributed by atoms with Crippen molar-refractivity contribution in [3.63, 3.8) is 0 Å². The number of aryl methyl sites for hydroxylation is 1. The van der Waals surface area contributed by atoms with Gasteiger partial charge in [-0.05, 0) is 28.1 Å². The van der Waals surface area contributed by atoms with Gasteiger partial charge >= 0.3 is 6.18 Å². The molecule has 0 aliphatic carbocycles. The van der Waals surface area contributed by atoms with Crippen molar-refractivity contribution in [1.82, 2.24) is 19.6 Å². The van der Waals surface area contributed by atoms with Crippen LogP contribution in [0, 0.1) is 0 Å². The molecule has 1 aliphatic heterocycles. The van der Waals surface area contributed by atoms with Gasteiger partial charge < -0.3 is 4.90 Å². The summed E-state index contributed by atoms with van der Waals surface area (Å²) in [6, 6.07) is 5.30. The number of carbonyl (C=O) groups is 1. The summed E-state index contributed by atoms with van der Waals surface area (Å²) < 4.78 is 39.7. The van der Waals surface area contributed by atoms with Crippen molar-refractivity contribution < 1.29 is 18.0 Å². The first-order valence-corrected chi connectivity index (χ1v) is 9.88. The van der Waals surface area contributed by atoms with Gasteiger partial charge in [0, 0.05) is 55.4 Å². The first-order valence-electron chi connectivity index (χ1n) is 8.33. The standard InChI is InChI=1S/C17H16BrCl2F3N4O/c1-25-14(13(18)15(24-25)17(21,22)23)16(28)27-7-5-26(6-8-27)9-10-11(19)3-2-4-12(10)20/h2-4H,5-9H2,1H3. The Labute approximate surface area is 178 Å². The Morgan fingerprint density at radius 1 is 1.18 bits per heavy atom. The molecule has 0 bridgehead atoms. The summed E-state index contributed by atoms with van der Waals surface area (Å²) in [6.07, 6.45) is -4.64. The number of benzene rings is 1. The average Bonchev–Trinajstić information content (AvgIpc) is 2.93. The van der Waals surface area contributed by atoms with Gasteiger partial charge in [-0.15, -0.1) is 0 Å². The fourth-order valence-electron chi connectivity index (χ4n) is 3.08. The van der Waals surface area contributed by atoms with E-state index in [2.05, 4.69) is 25.9 Å². The average molecular weight is 500 g/mol. The Hall–Kier alpha value is -1.29. The number of halogens is 6. The monoisotopic (exact) mass is 498 g/mol. The van der Waals surface area contributed by atoms with Crippen LogP contribution in [0.3, 0.4) is 0 Å². The lowest BCUT2D eigenvalue weighted by Gasteiger charge is -2.35. The van der Waals surface area contributed by atoms with E-state index >= 15 is 0 Å². The molecule has 0 spiro atoms. The van der Waals surface area contributed by atoms with Crippen LogP contribution in [0.5, 0.6) is 0 Å². The number of hydrogen-bond donors (Lipinski definition) is 0. The van der Waals surface area contributed by atoms with E-state index < -0.39 is 17.8 Å². The van der Waals surface area contributed by atoms with Gasteiger partial charge in [0.1, 0.15) is 5.69 Å².